The summed E-state index contributed by atoms with van der Waals surface area (Å²) in [5.41, 5.74) is 0. The van der Waals surface area contributed by atoms with Crippen LogP contribution < -0.4 is 0 Å². The Morgan fingerprint density at radius 1 is 1.12 bits per heavy atom. The number of rotatable bonds is 4. The van der Waals surface area contributed by atoms with Crippen molar-refractivity contribution in [3.05, 3.63) is 0 Å². The Bertz CT molecular complexity index is 227. The van der Waals surface area contributed by atoms with E-state index in [4.69, 9.17) is 4.43 Å². The molecule has 0 bridgehead atoms. The van der Waals surface area contributed by atoms with E-state index in [9.17, 15) is 0 Å². The van der Waals surface area contributed by atoms with Crippen LogP contribution in [0, 0.1) is 0 Å². The van der Waals surface area contributed by atoms with E-state index in [0.29, 0.717) is 6.10 Å². The van der Waals surface area contributed by atoms with Gasteiger partial charge in [0.05, 0.1) is 13.7 Å². The van der Waals surface area contributed by atoms with Crippen LogP contribution in [0.2, 0.25) is 32.2 Å². The molecule has 4 heteroatoms. The molecule has 0 saturated carbocycles. The smallest absolute Gasteiger partial charge is 0.174 e. The van der Waals surface area contributed by atoms with Gasteiger partial charge in [-0.05, 0) is 32.6 Å². The number of likely N-dealkylation sites (N-methyl/N-ethyl adjacent to an activating group) is 1. The third-order valence-corrected chi connectivity index (χ3v) is 21.1. The topological polar surface area (TPSA) is 12.5 Å². The summed E-state index contributed by atoms with van der Waals surface area (Å²) < 4.78 is 6.48. The third kappa shape index (κ3) is 3.18. The normalized spacial score (nSPS) is 28.3. The van der Waals surface area contributed by atoms with Crippen molar-refractivity contribution in [3.8, 4) is 0 Å². The Kier molecular flexibility index (Phi) is 4.81. The monoisotopic (exact) mass is 259 g/mol. The van der Waals surface area contributed by atoms with Crippen LogP contribution in [0.3, 0.4) is 0 Å². The third-order valence-electron chi connectivity index (χ3n) is 4.54. The average molecular weight is 260 g/mol. The van der Waals surface area contributed by atoms with Crippen LogP contribution >= 0.6 is 0 Å². The van der Waals surface area contributed by atoms with Crippen molar-refractivity contribution < 1.29 is 4.43 Å². The van der Waals surface area contributed by atoms with E-state index in [1.807, 2.05) is 0 Å². The van der Waals surface area contributed by atoms with Crippen LogP contribution in [0.4, 0.5) is 0 Å². The van der Waals surface area contributed by atoms with Crippen LogP contribution in [-0.2, 0) is 4.43 Å². The van der Waals surface area contributed by atoms with E-state index in [0.717, 1.165) is 19.6 Å². The molecular weight excluding hydrogens is 230 g/mol. The van der Waals surface area contributed by atoms with E-state index < -0.39 is 15.4 Å². The van der Waals surface area contributed by atoms with Crippen molar-refractivity contribution >= 4 is 15.4 Å². The molecular formula is C12H29NOSi2. The first kappa shape index (κ1) is 14.4. The Hall–Kier alpha value is 0.354. The SMILES string of the molecule is CCN(CC)CC1CC[Si](C)(C)[Si](C)(C)O1. The summed E-state index contributed by atoms with van der Waals surface area (Å²) >= 11 is 0. The van der Waals surface area contributed by atoms with Crippen LogP contribution in [-0.4, -0.2) is 46.1 Å². The molecule has 16 heavy (non-hydrogen) atoms. The highest BCUT2D eigenvalue weighted by Gasteiger charge is 2.47. The standard InChI is InChI=1S/C12H29NOSi2/c1-7-13(8-2)11-12-9-10-15(3,4)16(5,6)14-12/h12H,7-11H2,1-6H3. The first-order valence-corrected chi connectivity index (χ1v) is 13.8. The molecule has 0 aliphatic carbocycles. The highest BCUT2D eigenvalue weighted by atomic mass is 29.3. The van der Waals surface area contributed by atoms with E-state index >= 15 is 0 Å². The lowest BCUT2D eigenvalue weighted by atomic mass is 10.2. The summed E-state index contributed by atoms with van der Waals surface area (Å²) in [6, 6.07) is 1.47. The van der Waals surface area contributed by atoms with Gasteiger partial charge >= 0.3 is 0 Å². The Labute approximate surface area is 103 Å². The van der Waals surface area contributed by atoms with Gasteiger partial charge in [0, 0.05) is 6.54 Å². The van der Waals surface area contributed by atoms with Gasteiger partial charge in [-0.15, -0.1) is 0 Å². The molecule has 2 nitrogen and oxygen atoms in total. The summed E-state index contributed by atoms with van der Waals surface area (Å²) in [6.07, 6.45) is 1.81. The molecule has 1 unspecified atom stereocenters. The quantitative estimate of drug-likeness (QED) is 0.719. The Balaban J connectivity index is 2.55. The highest BCUT2D eigenvalue weighted by Crippen LogP contribution is 2.33. The van der Waals surface area contributed by atoms with Crippen molar-refractivity contribution in [2.24, 2.45) is 0 Å². The van der Waals surface area contributed by atoms with Gasteiger partial charge in [0.25, 0.3) is 0 Å². The molecule has 0 radical (unpaired) electrons. The summed E-state index contributed by atoms with van der Waals surface area (Å²) in [4.78, 5) is 2.50. The zero-order chi connectivity index (χ0) is 12.4. The molecule has 0 spiro atoms. The first-order valence-electron chi connectivity index (χ1n) is 6.72. The number of hydrogen-bond donors (Lipinski definition) is 0. The van der Waals surface area contributed by atoms with Crippen molar-refractivity contribution in [1.82, 2.24) is 4.90 Å². The van der Waals surface area contributed by atoms with Crippen molar-refractivity contribution in [1.29, 1.82) is 0 Å². The lowest BCUT2D eigenvalue weighted by Crippen LogP contribution is -2.62. The van der Waals surface area contributed by atoms with Gasteiger partial charge in [-0.25, -0.2) is 0 Å². The van der Waals surface area contributed by atoms with Gasteiger partial charge in [-0.3, -0.25) is 0 Å². The minimum atomic E-state index is -1.36. The van der Waals surface area contributed by atoms with Gasteiger partial charge in [-0.1, -0.05) is 33.0 Å². The molecule has 0 aromatic heterocycles. The summed E-state index contributed by atoms with van der Waals surface area (Å²) in [7, 11) is -2.39. The van der Waals surface area contributed by atoms with Gasteiger partial charge in [0.15, 0.2) is 7.83 Å². The second-order valence-corrected chi connectivity index (χ2v) is 21.4. The predicted molar refractivity (Wildman–Crippen MR) is 77.0 cm³/mol. The Morgan fingerprint density at radius 3 is 2.12 bits per heavy atom. The molecule has 1 rings (SSSR count). The molecule has 0 N–H and O–H groups in total. The summed E-state index contributed by atoms with van der Waals surface area (Å²) in [6.45, 7) is 17.9. The lowest BCUT2D eigenvalue weighted by molar-refractivity contribution is 0.127. The summed E-state index contributed by atoms with van der Waals surface area (Å²) in [5, 5.41) is 0. The molecule has 0 amide bonds. The van der Waals surface area contributed by atoms with Gasteiger partial charge in [0.1, 0.15) is 0 Å². The van der Waals surface area contributed by atoms with Crippen LogP contribution in [0.5, 0.6) is 0 Å². The molecule has 1 aliphatic heterocycles. The van der Waals surface area contributed by atoms with Gasteiger partial charge in [-0.2, -0.15) is 0 Å². The maximum atomic E-state index is 6.48. The fourth-order valence-corrected chi connectivity index (χ4v) is 9.04. The van der Waals surface area contributed by atoms with E-state index in [-0.39, 0.29) is 0 Å². The largest absolute Gasteiger partial charge is 0.416 e. The van der Waals surface area contributed by atoms with Crippen LogP contribution in [0.25, 0.3) is 0 Å². The molecule has 0 aromatic rings. The van der Waals surface area contributed by atoms with Gasteiger partial charge in [0.2, 0.25) is 0 Å². The van der Waals surface area contributed by atoms with Crippen molar-refractivity contribution in [3.63, 3.8) is 0 Å². The highest BCUT2D eigenvalue weighted by molar-refractivity contribution is 7.38. The Morgan fingerprint density at radius 2 is 1.69 bits per heavy atom. The maximum Gasteiger partial charge on any atom is 0.174 e. The zero-order valence-corrected chi connectivity index (χ0v) is 14.0. The van der Waals surface area contributed by atoms with Crippen LogP contribution in [0.1, 0.15) is 20.3 Å². The number of nitrogens with zero attached hydrogens (tertiary/aromatic N) is 1. The fourth-order valence-electron chi connectivity index (χ4n) is 2.36. The fraction of sp³-hybridized carbons (Fsp3) is 1.00. The predicted octanol–water partition coefficient (Wildman–Crippen LogP) is 3.11. The molecule has 1 fully saturated rings. The average Bonchev–Trinajstić information content (AvgIpc) is 2.20. The lowest BCUT2D eigenvalue weighted by Gasteiger charge is -2.46. The summed E-state index contributed by atoms with van der Waals surface area (Å²) in [5.74, 6) is 0. The minimum Gasteiger partial charge on any atom is -0.416 e. The van der Waals surface area contributed by atoms with E-state index in [1.54, 1.807) is 0 Å². The zero-order valence-electron chi connectivity index (χ0n) is 12.0. The second kappa shape index (κ2) is 5.33. The second-order valence-electron chi connectivity index (χ2n) is 6.16. The first-order chi connectivity index (χ1) is 7.32. The number of hydrogen-bond acceptors (Lipinski definition) is 2. The van der Waals surface area contributed by atoms with Crippen molar-refractivity contribution in [2.75, 3.05) is 19.6 Å². The molecule has 1 aliphatic rings. The molecule has 1 atom stereocenters. The van der Waals surface area contributed by atoms with E-state index in [1.165, 1.54) is 12.5 Å². The molecule has 1 heterocycles. The minimum absolute atomic E-state index is 0.516. The van der Waals surface area contributed by atoms with E-state index in [2.05, 4.69) is 44.9 Å². The molecule has 0 aromatic carbocycles. The maximum absolute atomic E-state index is 6.48. The van der Waals surface area contributed by atoms with Crippen LogP contribution in [0.15, 0.2) is 0 Å². The molecule has 1 saturated heterocycles. The van der Waals surface area contributed by atoms with Gasteiger partial charge < -0.3 is 9.33 Å². The van der Waals surface area contributed by atoms with Crippen molar-refractivity contribution in [2.45, 2.75) is 58.6 Å². The molecule has 96 valence electrons.